The largest absolute Gasteiger partial charge is 0.493 e. The zero-order chi connectivity index (χ0) is 19.1. The van der Waals surface area contributed by atoms with Crippen molar-refractivity contribution >= 4 is 5.91 Å². The molecule has 0 saturated carbocycles. The third-order valence-electron chi connectivity index (χ3n) is 4.51. The van der Waals surface area contributed by atoms with Crippen molar-refractivity contribution < 1.29 is 18.7 Å². The summed E-state index contributed by atoms with van der Waals surface area (Å²) in [5.74, 6) is 2.00. The van der Waals surface area contributed by atoms with Crippen LogP contribution in [0.1, 0.15) is 36.0 Å². The molecule has 2 heterocycles. The van der Waals surface area contributed by atoms with Gasteiger partial charge < -0.3 is 19.2 Å². The van der Waals surface area contributed by atoms with Crippen LogP contribution >= 0.6 is 0 Å². The van der Waals surface area contributed by atoms with Gasteiger partial charge in [0.25, 0.3) is 5.91 Å². The smallest absolute Gasteiger partial charge is 0.251 e. The highest BCUT2D eigenvalue weighted by Gasteiger charge is 2.25. The van der Waals surface area contributed by atoms with Crippen molar-refractivity contribution in [3.63, 3.8) is 0 Å². The van der Waals surface area contributed by atoms with E-state index in [9.17, 15) is 4.79 Å². The quantitative estimate of drug-likeness (QED) is 0.771. The van der Waals surface area contributed by atoms with E-state index < -0.39 is 0 Å². The molecule has 6 nitrogen and oxygen atoms in total. The van der Waals surface area contributed by atoms with E-state index in [4.69, 9.17) is 13.9 Å². The van der Waals surface area contributed by atoms with Gasteiger partial charge in [0.1, 0.15) is 11.5 Å². The first-order chi connectivity index (χ1) is 13.1. The number of nitrogens with zero attached hydrogens (tertiary/aromatic N) is 1. The summed E-state index contributed by atoms with van der Waals surface area (Å²) in [6.45, 7) is 8.39. The fraction of sp³-hybridized carbons (Fsp3) is 0.476. The first kappa shape index (κ1) is 19.5. The Balaban J connectivity index is 1.58. The zero-order valence-electron chi connectivity index (χ0n) is 16.0. The Morgan fingerprint density at radius 1 is 1.19 bits per heavy atom. The highest BCUT2D eigenvalue weighted by atomic mass is 16.5. The minimum Gasteiger partial charge on any atom is -0.493 e. The number of rotatable bonds is 8. The first-order valence-corrected chi connectivity index (χ1v) is 9.49. The van der Waals surface area contributed by atoms with Crippen LogP contribution in [0.25, 0.3) is 0 Å². The normalized spacial score (nSPS) is 16.3. The molecule has 1 aromatic heterocycles. The van der Waals surface area contributed by atoms with E-state index in [1.54, 1.807) is 18.4 Å². The second kappa shape index (κ2) is 9.58. The number of carbonyl (C=O) groups excluding carboxylic acids is 1. The number of amides is 1. The van der Waals surface area contributed by atoms with Gasteiger partial charge in [0.15, 0.2) is 0 Å². The molecule has 146 valence electrons. The molecular weight excluding hydrogens is 344 g/mol. The van der Waals surface area contributed by atoms with Gasteiger partial charge in [-0.15, -0.1) is 0 Å². The number of furan rings is 1. The third kappa shape index (κ3) is 5.58. The summed E-state index contributed by atoms with van der Waals surface area (Å²) < 4.78 is 16.7. The second-order valence-corrected chi connectivity index (χ2v) is 7.12. The number of hydrogen-bond acceptors (Lipinski definition) is 5. The number of hydrogen-bond donors (Lipinski definition) is 1. The number of morpholine rings is 1. The predicted octanol–water partition coefficient (Wildman–Crippen LogP) is 3.12. The lowest BCUT2D eigenvalue weighted by molar-refractivity contribution is 0.0118. The van der Waals surface area contributed by atoms with Crippen LogP contribution in [0.4, 0.5) is 0 Å². The van der Waals surface area contributed by atoms with E-state index in [1.807, 2.05) is 24.3 Å². The Morgan fingerprint density at radius 3 is 2.56 bits per heavy atom. The van der Waals surface area contributed by atoms with Crippen LogP contribution in [0, 0.1) is 5.92 Å². The molecule has 1 aromatic carbocycles. The minimum absolute atomic E-state index is 0.00139. The van der Waals surface area contributed by atoms with Gasteiger partial charge in [-0.1, -0.05) is 13.8 Å². The molecule has 0 spiro atoms. The van der Waals surface area contributed by atoms with Crippen molar-refractivity contribution in [3.05, 3.63) is 54.0 Å². The summed E-state index contributed by atoms with van der Waals surface area (Å²) in [4.78, 5) is 14.8. The molecule has 0 bridgehead atoms. The summed E-state index contributed by atoms with van der Waals surface area (Å²) in [6.07, 6.45) is 1.67. The molecule has 2 aromatic rings. The van der Waals surface area contributed by atoms with Crippen LogP contribution in [-0.4, -0.2) is 50.3 Å². The third-order valence-corrected chi connectivity index (χ3v) is 4.51. The van der Waals surface area contributed by atoms with Crippen LogP contribution < -0.4 is 10.1 Å². The van der Waals surface area contributed by atoms with Crippen molar-refractivity contribution in [2.45, 2.75) is 19.9 Å². The van der Waals surface area contributed by atoms with E-state index in [-0.39, 0.29) is 11.9 Å². The SMILES string of the molecule is CC(C)COc1ccc(C(=O)NC[C@H](c2ccco2)N2CCOCC2)cc1. The molecular formula is C21H28N2O4. The lowest BCUT2D eigenvalue weighted by Crippen LogP contribution is -2.43. The molecule has 27 heavy (non-hydrogen) atoms. The summed E-state index contributed by atoms with van der Waals surface area (Å²) in [7, 11) is 0. The van der Waals surface area contributed by atoms with Gasteiger partial charge in [-0.3, -0.25) is 9.69 Å². The van der Waals surface area contributed by atoms with E-state index in [0.29, 0.717) is 37.8 Å². The van der Waals surface area contributed by atoms with Crippen LogP contribution in [0.5, 0.6) is 5.75 Å². The topological polar surface area (TPSA) is 63.9 Å². The fourth-order valence-electron chi connectivity index (χ4n) is 3.04. The molecule has 0 radical (unpaired) electrons. The van der Waals surface area contributed by atoms with Crippen LogP contribution in [-0.2, 0) is 4.74 Å². The average molecular weight is 372 g/mol. The molecule has 1 N–H and O–H groups in total. The molecule has 6 heteroatoms. The molecule has 0 unspecified atom stereocenters. The van der Waals surface area contributed by atoms with Gasteiger partial charge in [-0.2, -0.15) is 0 Å². The first-order valence-electron chi connectivity index (χ1n) is 9.49. The zero-order valence-corrected chi connectivity index (χ0v) is 16.0. The molecule has 1 atom stereocenters. The maximum Gasteiger partial charge on any atom is 0.251 e. The van der Waals surface area contributed by atoms with Gasteiger partial charge >= 0.3 is 0 Å². The summed E-state index contributed by atoms with van der Waals surface area (Å²) in [6, 6.07) is 11.1. The van der Waals surface area contributed by atoms with Crippen LogP contribution in [0.2, 0.25) is 0 Å². The number of ether oxygens (including phenoxy) is 2. The highest BCUT2D eigenvalue weighted by Crippen LogP contribution is 2.22. The molecule has 1 aliphatic rings. The van der Waals surface area contributed by atoms with Gasteiger partial charge in [0.05, 0.1) is 32.1 Å². The lowest BCUT2D eigenvalue weighted by atomic mass is 10.1. The molecule has 1 saturated heterocycles. The Morgan fingerprint density at radius 2 is 1.93 bits per heavy atom. The molecule has 1 amide bonds. The fourth-order valence-corrected chi connectivity index (χ4v) is 3.04. The minimum atomic E-state index is -0.102. The number of carbonyl (C=O) groups is 1. The molecule has 1 fully saturated rings. The van der Waals surface area contributed by atoms with Crippen molar-refractivity contribution in [1.29, 1.82) is 0 Å². The summed E-state index contributed by atoms with van der Waals surface area (Å²) in [5, 5.41) is 3.03. The Bertz CT molecular complexity index is 691. The van der Waals surface area contributed by atoms with Gasteiger partial charge in [0.2, 0.25) is 0 Å². The molecule has 1 aliphatic heterocycles. The van der Waals surface area contributed by atoms with E-state index >= 15 is 0 Å². The molecule has 0 aliphatic carbocycles. The average Bonchev–Trinajstić information content (AvgIpc) is 3.22. The number of benzene rings is 1. The Hall–Kier alpha value is -2.31. The van der Waals surface area contributed by atoms with Crippen LogP contribution in [0.3, 0.4) is 0 Å². The van der Waals surface area contributed by atoms with E-state index in [2.05, 4.69) is 24.1 Å². The Labute approximate surface area is 160 Å². The van der Waals surface area contributed by atoms with Crippen molar-refractivity contribution in [3.8, 4) is 5.75 Å². The van der Waals surface area contributed by atoms with E-state index in [0.717, 1.165) is 24.6 Å². The molecule has 3 rings (SSSR count). The Kier molecular flexibility index (Phi) is 6.90. The standard InChI is InChI=1S/C21H28N2O4/c1-16(2)15-27-18-7-5-17(6-8-18)21(24)22-14-19(20-4-3-11-26-20)23-9-12-25-13-10-23/h3-8,11,16,19H,9-10,12-15H2,1-2H3,(H,22,24)/t19-/m1/s1. The maximum absolute atomic E-state index is 12.6. The van der Waals surface area contributed by atoms with Crippen LogP contribution in [0.15, 0.2) is 47.1 Å². The van der Waals surface area contributed by atoms with Gasteiger partial charge in [-0.05, 0) is 42.3 Å². The number of nitrogens with one attached hydrogen (secondary N) is 1. The monoisotopic (exact) mass is 372 g/mol. The maximum atomic E-state index is 12.6. The predicted molar refractivity (Wildman–Crippen MR) is 103 cm³/mol. The van der Waals surface area contributed by atoms with E-state index in [1.165, 1.54) is 0 Å². The summed E-state index contributed by atoms with van der Waals surface area (Å²) in [5.41, 5.74) is 0.618. The van der Waals surface area contributed by atoms with Crippen molar-refractivity contribution in [2.24, 2.45) is 5.92 Å². The van der Waals surface area contributed by atoms with Crippen molar-refractivity contribution in [1.82, 2.24) is 10.2 Å². The second-order valence-electron chi connectivity index (χ2n) is 7.12. The van der Waals surface area contributed by atoms with Crippen molar-refractivity contribution in [2.75, 3.05) is 39.5 Å². The highest BCUT2D eigenvalue weighted by molar-refractivity contribution is 5.94. The lowest BCUT2D eigenvalue weighted by Gasteiger charge is -2.33. The van der Waals surface area contributed by atoms with Gasteiger partial charge in [0, 0.05) is 25.2 Å². The summed E-state index contributed by atoms with van der Waals surface area (Å²) >= 11 is 0. The van der Waals surface area contributed by atoms with Gasteiger partial charge in [-0.25, -0.2) is 0 Å².